The Labute approximate surface area is 260 Å². The lowest BCUT2D eigenvalue weighted by Crippen LogP contribution is -2.23. The Morgan fingerprint density at radius 1 is 0.535 bits per heavy atom. The van der Waals surface area contributed by atoms with Gasteiger partial charge in [-0.1, -0.05) is 91.2 Å². The fraction of sp³-hybridized carbons (Fsp3) is 0.649. The van der Waals surface area contributed by atoms with Gasteiger partial charge in [-0.3, -0.25) is 4.79 Å². The van der Waals surface area contributed by atoms with Crippen LogP contribution in [0.1, 0.15) is 105 Å². The van der Waals surface area contributed by atoms with Crippen molar-refractivity contribution in [2.45, 2.75) is 105 Å². The lowest BCUT2D eigenvalue weighted by atomic mass is 10.1. The number of benzene rings is 2. The molecule has 3 rings (SSSR count). The zero-order chi connectivity index (χ0) is 30.7. The molecule has 6 heteroatoms. The van der Waals surface area contributed by atoms with Crippen LogP contribution in [0.15, 0.2) is 45.6 Å². The molecule has 1 heterocycles. The first-order chi connectivity index (χ1) is 21.1. The van der Waals surface area contributed by atoms with Gasteiger partial charge in [-0.15, -0.1) is 0 Å². The molecule has 0 fully saturated rings. The molecule has 0 N–H and O–H groups in total. The maximum atomic E-state index is 13.4. The monoisotopic (exact) mass is 594 g/mol. The van der Waals surface area contributed by atoms with Crippen molar-refractivity contribution >= 4 is 21.9 Å². The average Bonchev–Trinajstić information content (AvgIpc) is 3.03. The van der Waals surface area contributed by atoms with E-state index in [0.717, 1.165) is 51.9 Å². The quantitative estimate of drug-likeness (QED) is 0.0762. The largest absolute Gasteiger partial charge is 0.490 e. The normalized spacial score (nSPS) is 11.8. The van der Waals surface area contributed by atoms with E-state index in [9.17, 15) is 4.79 Å². The molecule has 3 aromatic rings. The van der Waals surface area contributed by atoms with Crippen LogP contribution in [0.3, 0.4) is 0 Å². The SMILES string of the molecule is CCN(CC)CCCCCCCCOc1cccc2c(=O)c3cccc(OCCCCCCCCN(CC)CC)c3oc12. The molecule has 0 aliphatic rings. The molecule has 240 valence electrons. The zero-order valence-electron chi connectivity index (χ0n) is 27.6. The highest BCUT2D eigenvalue weighted by Crippen LogP contribution is 2.32. The lowest BCUT2D eigenvalue weighted by Gasteiger charge is -2.17. The second-order valence-corrected chi connectivity index (χ2v) is 11.7. The number of nitrogens with zero attached hydrogens (tertiary/aromatic N) is 2. The van der Waals surface area contributed by atoms with Crippen LogP contribution in [0.5, 0.6) is 11.5 Å². The van der Waals surface area contributed by atoms with Crippen LogP contribution in [-0.4, -0.2) is 62.3 Å². The Morgan fingerprint density at radius 3 is 1.30 bits per heavy atom. The Morgan fingerprint density at radius 2 is 0.907 bits per heavy atom. The van der Waals surface area contributed by atoms with E-state index in [1.165, 1.54) is 64.5 Å². The highest BCUT2D eigenvalue weighted by atomic mass is 16.5. The molecule has 0 amide bonds. The van der Waals surface area contributed by atoms with Gasteiger partial charge in [0, 0.05) is 0 Å². The van der Waals surface area contributed by atoms with Gasteiger partial charge in [0.2, 0.25) is 5.43 Å². The second kappa shape index (κ2) is 20.4. The number of hydrogen-bond acceptors (Lipinski definition) is 6. The fourth-order valence-corrected chi connectivity index (χ4v) is 5.81. The molecular weight excluding hydrogens is 536 g/mol. The van der Waals surface area contributed by atoms with Crippen LogP contribution in [-0.2, 0) is 0 Å². The van der Waals surface area contributed by atoms with Gasteiger partial charge in [0.1, 0.15) is 0 Å². The Bertz CT molecular complexity index is 1140. The van der Waals surface area contributed by atoms with Crippen molar-refractivity contribution < 1.29 is 13.9 Å². The maximum absolute atomic E-state index is 13.4. The summed E-state index contributed by atoms with van der Waals surface area (Å²) in [5.41, 5.74) is 0.982. The van der Waals surface area contributed by atoms with E-state index in [1.54, 1.807) is 0 Å². The average molecular weight is 595 g/mol. The Kier molecular flexibility index (Phi) is 16.6. The predicted molar refractivity (Wildman–Crippen MR) is 182 cm³/mol. The first-order valence-corrected chi connectivity index (χ1v) is 17.3. The number of unbranched alkanes of at least 4 members (excludes halogenated alkanes) is 10. The van der Waals surface area contributed by atoms with Crippen LogP contribution >= 0.6 is 0 Å². The number of ether oxygens (including phenoxy) is 2. The highest BCUT2D eigenvalue weighted by molar-refractivity contribution is 5.94. The molecule has 0 aliphatic heterocycles. The van der Waals surface area contributed by atoms with E-state index in [4.69, 9.17) is 13.9 Å². The van der Waals surface area contributed by atoms with Crippen LogP contribution in [0.4, 0.5) is 0 Å². The van der Waals surface area contributed by atoms with Gasteiger partial charge in [0.25, 0.3) is 0 Å². The highest BCUT2D eigenvalue weighted by Gasteiger charge is 2.15. The van der Waals surface area contributed by atoms with Crippen LogP contribution in [0, 0.1) is 0 Å². The Balaban J connectivity index is 1.46. The second-order valence-electron chi connectivity index (χ2n) is 11.7. The topological polar surface area (TPSA) is 55.1 Å². The minimum atomic E-state index is -0.0402. The summed E-state index contributed by atoms with van der Waals surface area (Å²) in [5, 5.41) is 1.10. The maximum Gasteiger partial charge on any atom is 0.200 e. The third-order valence-electron chi connectivity index (χ3n) is 8.69. The third-order valence-corrected chi connectivity index (χ3v) is 8.69. The minimum absolute atomic E-state index is 0.0402. The molecule has 0 unspecified atom stereocenters. The summed E-state index contributed by atoms with van der Waals surface area (Å²) >= 11 is 0. The third kappa shape index (κ3) is 11.5. The van der Waals surface area contributed by atoms with Crippen LogP contribution in [0.25, 0.3) is 21.9 Å². The number of fused-ring (bicyclic) bond motifs is 2. The number of para-hydroxylation sites is 2. The van der Waals surface area contributed by atoms with Gasteiger partial charge in [0.15, 0.2) is 22.7 Å². The molecule has 6 nitrogen and oxygen atoms in total. The summed E-state index contributed by atoms with van der Waals surface area (Å²) in [6.07, 6.45) is 14.4. The summed E-state index contributed by atoms with van der Waals surface area (Å²) < 4.78 is 18.6. The van der Waals surface area contributed by atoms with Gasteiger partial charge in [-0.2, -0.15) is 0 Å². The van der Waals surface area contributed by atoms with E-state index in [2.05, 4.69) is 37.5 Å². The standard InChI is InChI=1S/C37H58N2O4/c1-5-38(6-2)27-17-13-9-11-15-19-29-41-33-25-21-23-31-35(40)32-24-22-26-34(37(32)43-36(31)33)42-30-20-16-12-10-14-18-28-39(7-3)8-4/h21-26H,5-20,27-30H2,1-4H3. The van der Waals surface area contributed by atoms with Crippen molar-refractivity contribution in [1.29, 1.82) is 0 Å². The summed E-state index contributed by atoms with van der Waals surface area (Å²) in [6.45, 7) is 17.2. The van der Waals surface area contributed by atoms with Crippen molar-refractivity contribution in [3.63, 3.8) is 0 Å². The molecule has 0 saturated carbocycles. The van der Waals surface area contributed by atoms with Crippen LogP contribution in [0.2, 0.25) is 0 Å². The first-order valence-electron chi connectivity index (χ1n) is 17.3. The van der Waals surface area contributed by atoms with Gasteiger partial charge in [0.05, 0.1) is 24.0 Å². The summed E-state index contributed by atoms with van der Waals surface area (Å²) in [5.74, 6) is 1.26. The summed E-state index contributed by atoms with van der Waals surface area (Å²) in [4.78, 5) is 18.4. The van der Waals surface area contributed by atoms with Gasteiger partial charge >= 0.3 is 0 Å². The van der Waals surface area contributed by atoms with E-state index in [-0.39, 0.29) is 5.43 Å². The van der Waals surface area contributed by atoms with Crippen LogP contribution < -0.4 is 14.9 Å². The van der Waals surface area contributed by atoms with Crippen molar-refractivity contribution in [2.24, 2.45) is 0 Å². The molecule has 0 spiro atoms. The van der Waals surface area contributed by atoms with Crippen molar-refractivity contribution in [3.05, 3.63) is 46.6 Å². The van der Waals surface area contributed by atoms with E-state index in [1.807, 2.05) is 36.4 Å². The zero-order valence-corrected chi connectivity index (χ0v) is 27.6. The molecule has 1 aromatic heterocycles. The van der Waals surface area contributed by atoms with E-state index < -0.39 is 0 Å². The van der Waals surface area contributed by atoms with Crippen molar-refractivity contribution in [1.82, 2.24) is 9.80 Å². The summed E-state index contributed by atoms with van der Waals surface area (Å²) in [6, 6.07) is 11.2. The number of rotatable bonds is 24. The van der Waals surface area contributed by atoms with Crippen molar-refractivity contribution in [2.75, 3.05) is 52.5 Å². The molecule has 0 bridgehead atoms. The number of hydrogen-bond donors (Lipinski definition) is 0. The molecular formula is C37H58N2O4. The van der Waals surface area contributed by atoms with Gasteiger partial charge in [-0.25, -0.2) is 0 Å². The molecule has 0 radical (unpaired) electrons. The molecule has 43 heavy (non-hydrogen) atoms. The smallest absolute Gasteiger partial charge is 0.200 e. The van der Waals surface area contributed by atoms with Gasteiger partial charge in [-0.05, 0) is 89.2 Å². The van der Waals surface area contributed by atoms with Gasteiger partial charge < -0.3 is 23.7 Å². The molecule has 2 aromatic carbocycles. The van der Waals surface area contributed by atoms with E-state index >= 15 is 0 Å². The Hall–Kier alpha value is -2.57. The predicted octanol–water partition coefficient (Wildman–Crippen LogP) is 9.07. The fourth-order valence-electron chi connectivity index (χ4n) is 5.81. The van der Waals surface area contributed by atoms with E-state index in [0.29, 0.717) is 46.7 Å². The molecule has 0 aliphatic carbocycles. The first kappa shape index (κ1) is 34.9. The molecule has 0 atom stereocenters. The lowest BCUT2D eigenvalue weighted by molar-refractivity contribution is 0.291. The summed E-state index contributed by atoms with van der Waals surface area (Å²) in [7, 11) is 0. The minimum Gasteiger partial charge on any atom is -0.490 e. The van der Waals surface area contributed by atoms with Crippen molar-refractivity contribution in [3.8, 4) is 11.5 Å². The molecule has 0 saturated heterocycles.